The molecule has 29 heavy (non-hydrogen) atoms. The molecule has 6 heteroatoms. The van der Waals surface area contributed by atoms with Gasteiger partial charge in [0, 0.05) is 0 Å². The summed E-state index contributed by atoms with van der Waals surface area (Å²) >= 11 is 0. The van der Waals surface area contributed by atoms with E-state index in [0.29, 0.717) is 24.7 Å². The number of benzene rings is 3. The molecule has 0 fully saturated rings. The lowest BCUT2D eigenvalue weighted by Gasteiger charge is -2.14. The normalized spacial score (nSPS) is 10.9. The molecule has 0 saturated carbocycles. The third-order valence-electron chi connectivity index (χ3n) is 4.19. The second kappa shape index (κ2) is 9.32. The Balaban J connectivity index is 1.53. The molecule has 0 aliphatic rings. The number of ether oxygens (including phenoxy) is 2. The highest BCUT2D eigenvalue weighted by Crippen LogP contribution is 2.29. The second-order valence-corrected chi connectivity index (χ2v) is 6.34. The van der Waals surface area contributed by atoms with Crippen molar-refractivity contribution < 1.29 is 9.47 Å². The van der Waals surface area contributed by atoms with Gasteiger partial charge in [-0.3, -0.25) is 0 Å². The minimum atomic E-state index is 0.453. The maximum atomic E-state index is 6.07. The molecule has 0 aliphatic carbocycles. The van der Waals surface area contributed by atoms with Crippen molar-refractivity contribution in [1.82, 2.24) is 14.9 Å². The molecule has 3 aromatic carbocycles. The van der Waals surface area contributed by atoms with Crippen LogP contribution in [0.5, 0.6) is 11.5 Å². The maximum absolute atomic E-state index is 6.07. The zero-order valence-corrected chi connectivity index (χ0v) is 15.8. The van der Waals surface area contributed by atoms with Crippen molar-refractivity contribution in [1.29, 1.82) is 0 Å². The van der Waals surface area contributed by atoms with Gasteiger partial charge in [0.25, 0.3) is 0 Å². The first kappa shape index (κ1) is 18.4. The minimum Gasteiger partial charge on any atom is -0.485 e. The summed E-state index contributed by atoms with van der Waals surface area (Å²) in [5.41, 5.74) is 3.07. The summed E-state index contributed by atoms with van der Waals surface area (Å²) in [6.07, 6.45) is 4.78. The van der Waals surface area contributed by atoms with Crippen molar-refractivity contribution in [2.75, 3.05) is 0 Å². The van der Waals surface area contributed by atoms with Gasteiger partial charge >= 0.3 is 0 Å². The second-order valence-electron chi connectivity index (χ2n) is 6.34. The van der Waals surface area contributed by atoms with E-state index in [2.05, 4.69) is 15.3 Å². The summed E-state index contributed by atoms with van der Waals surface area (Å²) < 4.78 is 13.6. The molecule has 0 bridgehead atoms. The van der Waals surface area contributed by atoms with Gasteiger partial charge in [0.1, 0.15) is 25.9 Å². The van der Waals surface area contributed by atoms with Gasteiger partial charge in [-0.15, -0.1) is 10.2 Å². The van der Waals surface area contributed by atoms with E-state index < -0.39 is 0 Å². The Labute approximate surface area is 169 Å². The molecule has 0 spiro atoms. The Kier molecular flexibility index (Phi) is 5.93. The van der Waals surface area contributed by atoms with Crippen LogP contribution in [0.15, 0.2) is 96.6 Å². The number of rotatable bonds is 8. The molecule has 4 aromatic rings. The van der Waals surface area contributed by atoms with Gasteiger partial charge in [0.05, 0.1) is 6.21 Å². The summed E-state index contributed by atoms with van der Waals surface area (Å²) in [6.45, 7) is 0.922. The van der Waals surface area contributed by atoms with Crippen molar-refractivity contribution >= 4 is 6.21 Å². The van der Waals surface area contributed by atoms with Crippen LogP contribution in [0, 0.1) is 0 Å². The first-order chi connectivity index (χ1) is 14.4. The van der Waals surface area contributed by atoms with E-state index in [1.54, 1.807) is 6.21 Å². The Bertz CT molecular complexity index is 1050. The van der Waals surface area contributed by atoms with Gasteiger partial charge in [0.2, 0.25) is 0 Å². The highest BCUT2D eigenvalue weighted by Gasteiger charge is 2.08. The van der Waals surface area contributed by atoms with Crippen molar-refractivity contribution in [3.8, 4) is 11.5 Å². The highest BCUT2D eigenvalue weighted by molar-refractivity contribution is 5.80. The zero-order chi connectivity index (χ0) is 19.7. The van der Waals surface area contributed by atoms with Crippen LogP contribution in [-0.4, -0.2) is 21.1 Å². The van der Waals surface area contributed by atoms with E-state index in [1.165, 1.54) is 17.3 Å². The largest absolute Gasteiger partial charge is 0.485 e. The molecule has 0 N–H and O–H groups in total. The van der Waals surface area contributed by atoms with Crippen LogP contribution < -0.4 is 9.47 Å². The SMILES string of the molecule is C(=N\n1cnnc1)/c1ccc(OCc2ccccc2)c(OCc2ccccc2)c1. The summed E-state index contributed by atoms with van der Waals surface area (Å²) in [5, 5.41) is 11.8. The fourth-order valence-corrected chi connectivity index (χ4v) is 2.70. The topological polar surface area (TPSA) is 61.5 Å². The Hall–Kier alpha value is -3.93. The fraction of sp³-hybridized carbons (Fsp3) is 0.0870. The lowest BCUT2D eigenvalue weighted by atomic mass is 10.2. The summed E-state index contributed by atoms with van der Waals surface area (Å²) in [4.78, 5) is 0. The lowest BCUT2D eigenvalue weighted by Crippen LogP contribution is -2.01. The highest BCUT2D eigenvalue weighted by atomic mass is 16.5. The number of hydrogen-bond acceptors (Lipinski definition) is 5. The molecular formula is C23H20N4O2. The van der Waals surface area contributed by atoms with E-state index in [9.17, 15) is 0 Å². The molecule has 0 atom stereocenters. The minimum absolute atomic E-state index is 0.453. The summed E-state index contributed by atoms with van der Waals surface area (Å²) in [7, 11) is 0. The van der Waals surface area contributed by atoms with E-state index >= 15 is 0 Å². The van der Waals surface area contributed by atoms with Crippen molar-refractivity contribution in [2.24, 2.45) is 5.10 Å². The molecule has 0 saturated heterocycles. The third kappa shape index (κ3) is 5.29. The molecular weight excluding hydrogens is 364 g/mol. The van der Waals surface area contributed by atoms with Crippen LogP contribution >= 0.6 is 0 Å². The molecule has 1 heterocycles. The van der Waals surface area contributed by atoms with Gasteiger partial charge < -0.3 is 9.47 Å². The Morgan fingerprint density at radius 3 is 1.93 bits per heavy atom. The average molecular weight is 384 g/mol. The average Bonchev–Trinajstić information content (AvgIpc) is 3.30. The standard InChI is InChI=1S/C23H20N4O2/c1-3-7-19(8-4-1)15-28-22-12-11-21(14-26-27-17-24-25-18-27)13-23(22)29-16-20-9-5-2-6-10-20/h1-14,17-18H,15-16H2/b26-14+. The number of nitrogens with zero attached hydrogens (tertiary/aromatic N) is 4. The number of hydrogen-bond donors (Lipinski definition) is 0. The fourth-order valence-electron chi connectivity index (χ4n) is 2.70. The molecule has 1 aromatic heterocycles. The lowest BCUT2D eigenvalue weighted by molar-refractivity contribution is 0.256. The molecule has 0 radical (unpaired) electrons. The van der Waals surface area contributed by atoms with Crippen LogP contribution in [0.3, 0.4) is 0 Å². The van der Waals surface area contributed by atoms with Crippen LogP contribution in [0.25, 0.3) is 0 Å². The van der Waals surface area contributed by atoms with Crippen molar-refractivity contribution in [3.05, 3.63) is 108 Å². The molecule has 0 amide bonds. The van der Waals surface area contributed by atoms with Gasteiger partial charge in [-0.25, -0.2) is 4.68 Å². The van der Waals surface area contributed by atoms with Gasteiger partial charge in [0.15, 0.2) is 11.5 Å². The first-order valence-corrected chi connectivity index (χ1v) is 9.23. The smallest absolute Gasteiger partial charge is 0.162 e. The zero-order valence-electron chi connectivity index (χ0n) is 15.8. The van der Waals surface area contributed by atoms with Crippen LogP contribution in [0.4, 0.5) is 0 Å². The van der Waals surface area contributed by atoms with E-state index in [1.807, 2.05) is 78.9 Å². The van der Waals surface area contributed by atoms with Crippen molar-refractivity contribution in [2.45, 2.75) is 13.2 Å². The van der Waals surface area contributed by atoms with E-state index in [-0.39, 0.29) is 0 Å². The van der Waals surface area contributed by atoms with Crippen LogP contribution in [-0.2, 0) is 13.2 Å². The predicted octanol–water partition coefficient (Wildman–Crippen LogP) is 4.32. The van der Waals surface area contributed by atoms with Crippen LogP contribution in [0.2, 0.25) is 0 Å². The number of aromatic nitrogens is 3. The molecule has 0 unspecified atom stereocenters. The van der Waals surface area contributed by atoms with Gasteiger partial charge in [-0.05, 0) is 34.9 Å². The third-order valence-corrected chi connectivity index (χ3v) is 4.19. The van der Waals surface area contributed by atoms with E-state index in [0.717, 1.165) is 16.7 Å². The van der Waals surface area contributed by atoms with E-state index in [4.69, 9.17) is 9.47 Å². The summed E-state index contributed by atoms with van der Waals surface area (Å²) in [6, 6.07) is 25.8. The molecule has 0 aliphatic heterocycles. The molecule has 4 rings (SSSR count). The van der Waals surface area contributed by atoms with Gasteiger partial charge in [-0.1, -0.05) is 60.7 Å². The van der Waals surface area contributed by atoms with Crippen LogP contribution in [0.1, 0.15) is 16.7 Å². The quantitative estimate of drug-likeness (QED) is 0.425. The van der Waals surface area contributed by atoms with Gasteiger partial charge in [-0.2, -0.15) is 5.10 Å². The molecule has 144 valence electrons. The first-order valence-electron chi connectivity index (χ1n) is 9.23. The monoisotopic (exact) mass is 384 g/mol. The predicted molar refractivity (Wildman–Crippen MR) is 111 cm³/mol. The summed E-state index contributed by atoms with van der Waals surface area (Å²) in [5.74, 6) is 1.35. The Morgan fingerprint density at radius 1 is 0.724 bits per heavy atom. The maximum Gasteiger partial charge on any atom is 0.162 e. The van der Waals surface area contributed by atoms with Crippen molar-refractivity contribution in [3.63, 3.8) is 0 Å². The molecule has 6 nitrogen and oxygen atoms in total. The Morgan fingerprint density at radius 2 is 1.31 bits per heavy atom.